The quantitative estimate of drug-likeness (QED) is 0.601. The molecule has 0 unspecified atom stereocenters. The minimum absolute atomic E-state index is 0.112. The van der Waals surface area contributed by atoms with Crippen molar-refractivity contribution < 1.29 is 20.0 Å². The Morgan fingerprint density at radius 1 is 1.25 bits per heavy atom. The molecule has 0 atom stereocenters. The standard InChI is InChI=1S/C8H8O2.C4H10O2/c9-8(10)6-7-4-2-1-3-5-7;1-4(2,3)6-5/h1-5H,6H2,(H,9,10);5H,1-3H3. The maximum Gasteiger partial charge on any atom is 0.307 e. The topological polar surface area (TPSA) is 66.8 Å². The second kappa shape index (κ2) is 6.98. The van der Waals surface area contributed by atoms with Crippen LogP contribution in [0.3, 0.4) is 0 Å². The van der Waals surface area contributed by atoms with Crippen LogP contribution in [0.15, 0.2) is 30.3 Å². The number of aliphatic carboxylic acids is 1. The molecule has 0 saturated heterocycles. The van der Waals surface area contributed by atoms with Crippen LogP contribution in [0.25, 0.3) is 0 Å². The molecule has 0 radical (unpaired) electrons. The Morgan fingerprint density at radius 3 is 2.00 bits per heavy atom. The Kier molecular flexibility index (Phi) is 6.37. The Morgan fingerprint density at radius 2 is 1.69 bits per heavy atom. The average molecular weight is 226 g/mol. The van der Waals surface area contributed by atoms with Gasteiger partial charge in [0.05, 0.1) is 12.0 Å². The van der Waals surface area contributed by atoms with Gasteiger partial charge in [-0.15, -0.1) is 0 Å². The van der Waals surface area contributed by atoms with Crippen molar-refractivity contribution in [2.24, 2.45) is 0 Å². The molecule has 0 aliphatic carbocycles. The van der Waals surface area contributed by atoms with Gasteiger partial charge in [0.25, 0.3) is 0 Å². The summed E-state index contributed by atoms with van der Waals surface area (Å²) in [4.78, 5) is 14.1. The van der Waals surface area contributed by atoms with Gasteiger partial charge in [0.2, 0.25) is 0 Å². The Bertz CT molecular complexity index is 301. The Balaban J connectivity index is 0.000000325. The molecule has 0 amide bonds. The third-order valence-corrected chi connectivity index (χ3v) is 1.47. The van der Waals surface area contributed by atoms with Crippen LogP contribution in [0.5, 0.6) is 0 Å². The van der Waals surface area contributed by atoms with E-state index in [0.29, 0.717) is 0 Å². The molecule has 0 aliphatic rings. The Labute approximate surface area is 95.4 Å². The lowest BCUT2D eigenvalue weighted by atomic mass is 10.2. The molecule has 0 heterocycles. The van der Waals surface area contributed by atoms with Crippen molar-refractivity contribution in [2.75, 3.05) is 0 Å². The Hall–Kier alpha value is -1.39. The maximum atomic E-state index is 10.2. The fourth-order valence-corrected chi connectivity index (χ4v) is 0.770. The molecule has 1 aromatic carbocycles. The summed E-state index contributed by atoms with van der Waals surface area (Å²) in [6.07, 6.45) is 0.112. The largest absolute Gasteiger partial charge is 0.481 e. The molecular formula is C12H18O4. The molecule has 4 heteroatoms. The summed E-state index contributed by atoms with van der Waals surface area (Å²) in [5.74, 6) is -0.786. The van der Waals surface area contributed by atoms with E-state index in [9.17, 15) is 4.79 Å². The van der Waals surface area contributed by atoms with Gasteiger partial charge in [0.15, 0.2) is 0 Å². The predicted molar refractivity (Wildman–Crippen MR) is 61.2 cm³/mol. The first-order valence-electron chi connectivity index (χ1n) is 4.93. The van der Waals surface area contributed by atoms with Crippen LogP contribution in [-0.4, -0.2) is 21.9 Å². The third-order valence-electron chi connectivity index (χ3n) is 1.47. The normalized spacial score (nSPS) is 10.2. The van der Waals surface area contributed by atoms with Crippen LogP contribution in [0, 0.1) is 0 Å². The van der Waals surface area contributed by atoms with E-state index in [1.54, 1.807) is 32.9 Å². The van der Waals surface area contributed by atoms with Gasteiger partial charge in [-0.25, -0.2) is 4.89 Å². The zero-order chi connectivity index (χ0) is 12.6. The lowest BCUT2D eigenvalue weighted by Gasteiger charge is -2.10. The van der Waals surface area contributed by atoms with Gasteiger partial charge in [-0.3, -0.25) is 10.1 Å². The SMILES string of the molecule is CC(C)(C)OO.O=C(O)Cc1ccccc1. The van der Waals surface area contributed by atoms with Crippen LogP contribution >= 0.6 is 0 Å². The summed E-state index contributed by atoms with van der Waals surface area (Å²) >= 11 is 0. The highest BCUT2D eigenvalue weighted by Crippen LogP contribution is 2.01. The average Bonchev–Trinajstić information content (AvgIpc) is 2.18. The number of hydrogen-bond acceptors (Lipinski definition) is 3. The number of benzene rings is 1. The van der Waals surface area contributed by atoms with Gasteiger partial charge >= 0.3 is 5.97 Å². The molecule has 0 saturated carbocycles. The molecule has 1 rings (SSSR count). The van der Waals surface area contributed by atoms with E-state index < -0.39 is 11.6 Å². The van der Waals surface area contributed by atoms with E-state index in [1.807, 2.05) is 18.2 Å². The highest BCUT2D eigenvalue weighted by atomic mass is 17.1. The molecule has 0 aliphatic heterocycles. The minimum atomic E-state index is -0.786. The molecular weight excluding hydrogens is 208 g/mol. The molecule has 0 fully saturated rings. The monoisotopic (exact) mass is 226 g/mol. The minimum Gasteiger partial charge on any atom is -0.481 e. The first-order chi connectivity index (χ1) is 7.35. The van der Waals surface area contributed by atoms with Crippen LogP contribution in [0.1, 0.15) is 26.3 Å². The first-order valence-corrected chi connectivity index (χ1v) is 4.93. The van der Waals surface area contributed by atoms with E-state index >= 15 is 0 Å². The summed E-state index contributed by atoms with van der Waals surface area (Å²) in [5.41, 5.74) is 0.440. The van der Waals surface area contributed by atoms with Gasteiger partial charge in [-0.1, -0.05) is 30.3 Å². The smallest absolute Gasteiger partial charge is 0.307 e. The molecule has 4 nitrogen and oxygen atoms in total. The van der Waals surface area contributed by atoms with Crippen molar-refractivity contribution in [3.63, 3.8) is 0 Å². The van der Waals surface area contributed by atoms with Gasteiger partial charge in [-0.2, -0.15) is 0 Å². The first kappa shape index (κ1) is 14.6. The number of carboxylic acid groups (broad SMARTS) is 1. The highest BCUT2D eigenvalue weighted by Gasteiger charge is 2.07. The van der Waals surface area contributed by atoms with Gasteiger partial charge in [0, 0.05) is 0 Å². The number of carbonyl (C=O) groups is 1. The maximum absolute atomic E-state index is 10.2. The van der Waals surface area contributed by atoms with E-state index in [4.69, 9.17) is 10.4 Å². The molecule has 0 bridgehead atoms. The van der Waals surface area contributed by atoms with Crippen LogP contribution < -0.4 is 0 Å². The number of carboxylic acids is 1. The molecule has 0 aromatic heterocycles. The molecule has 0 spiro atoms. The van der Waals surface area contributed by atoms with E-state index in [1.165, 1.54) is 0 Å². The fourth-order valence-electron chi connectivity index (χ4n) is 0.770. The third kappa shape index (κ3) is 9.18. The molecule has 1 aromatic rings. The van der Waals surface area contributed by atoms with E-state index in [0.717, 1.165) is 5.56 Å². The van der Waals surface area contributed by atoms with Crippen molar-refractivity contribution in [1.82, 2.24) is 0 Å². The number of hydrogen-bond donors (Lipinski definition) is 2. The molecule has 90 valence electrons. The van der Waals surface area contributed by atoms with Crippen molar-refractivity contribution in [2.45, 2.75) is 32.8 Å². The number of rotatable bonds is 2. The summed E-state index contributed by atoms with van der Waals surface area (Å²) in [7, 11) is 0. The highest BCUT2D eigenvalue weighted by molar-refractivity contribution is 5.70. The van der Waals surface area contributed by atoms with Crippen molar-refractivity contribution in [3.8, 4) is 0 Å². The van der Waals surface area contributed by atoms with Gasteiger partial charge < -0.3 is 5.11 Å². The second-order valence-corrected chi connectivity index (χ2v) is 4.26. The summed E-state index contributed by atoms with van der Waals surface area (Å²) in [6.45, 7) is 5.31. The van der Waals surface area contributed by atoms with Gasteiger partial charge in [0.1, 0.15) is 0 Å². The zero-order valence-corrected chi connectivity index (χ0v) is 9.80. The molecule has 2 N–H and O–H groups in total. The lowest BCUT2D eigenvalue weighted by molar-refractivity contribution is -0.306. The van der Waals surface area contributed by atoms with E-state index in [-0.39, 0.29) is 6.42 Å². The van der Waals surface area contributed by atoms with E-state index in [2.05, 4.69) is 4.89 Å². The lowest BCUT2D eigenvalue weighted by Crippen LogP contribution is -2.15. The predicted octanol–water partition coefficient (Wildman–Crippen LogP) is 2.59. The molecule has 16 heavy (non-hydrogen) atoms. The van der Waals surface area contributed by atoms with Crippen LogP contribution in [-0.2, 0) is 16.1 Å². The van der Waals surface area contributed by atoms with Crippen molar-refractivity contribution in [1.29, 1.82) is 0 Å². The van der Waals surface area contributed by atoms with Gasteiger partial charge in [-0.05, 0) is 26.3 Å². The fraction of sp³-hybridized carbons (Fsp3) is 0.417. The van der Waals surface area contributed by atoms with Crippen LogP contribution in [0.2, 0.25) is 0 Å². The zero-order valence-electron chi connectivity index (χ0n) is 9.80. The second-order valence-electron chi connectivity index (χ2n) is 4.26. The summed E-state index contributed by atoms with van der Waals surface area (Å²) in [6, 6.07) is 9.13. The van der Waals surface area contributed by atoms with Crippen LogP contribution in [0.4, 0.5) is 0 Å². The summed E-state index contributed by atoms with van der Waals surface area (Å²) < 4.78 is 0. The summed E-state index contributed by atoms with van der Waals surface area (Å²) in [5, 5.41) is 16.3. The van der Waals surface area contributed by atoms with Crippen molar-refractivity contribution >= 4 is 5.97 Å². The van der Waals surface area contributed by atoms with Crippen molar-refractivity contribution in [3.05, 3.63) is 35.9 Å².